The third-order valence-electron chi connectivity index (χ3n) is 9.72. The van der Waals surface area contributed by atoms with Gasteiger partial charge in [-0.25, -0.2) is 14.2 Å². The maximum absolute atomic E-state index is 15.5. The molecule has 0 unspecified atom stereocenters. The third-order valence-corrected chi connectivity index (χ3v) is 11.2. The molecule has 0 radical (unpaired) electrons. The molecule has 0 bridgehead atoms. The van der Waals surface area contributed by atoms with Gasteiger partial charge in [-0.05, 0) is 76.9 Å². The predicted molar refractivity (Wildman–Crippen MR) is 197 cm³/mol. The summed E-state index contributed by atoms with van der Waals surface area (Å²) in [4.78, 5) is 42.2. The minimum Gasteiger partial charge on any atom is -0.444 e. The van der Waals surface area contributed by atoms with Gasteiger partial charge in [-0.3, -0.25) is 10.1 Å². The summed E-state index contributed by atoms with van der Waals surface area (Å²) in [6.45, 7) is 7.79. The molecule has 2 N–H and O–H groups in total. The molecule has 2 saturated heterocycles. The molecule has 2 aromatic carbocycles. The second-order valence-corrected chi connectivity index (χ2v) is 15.9. The molecule has 4 aromatic rings. The highest BCUT2D eigenvalue weighted by Crippen LogP contribution is 2.50. The number of nitrogens with one attached hydrogen (secondary N) is 2. The van der Waals surface area contributed by atoms with Crippen LogP contribution in [-0.4, -0.2) is 90.2 Å². The molecule has 2 amide bonds. The molecule has 5 heterocycles. The van der Waals surface area contributed by atoms with Crippen molar-refractivity contribution in [2.24, 2.45) is 0 Å². The predicted octanol–water partition coefficient (Wildman–Crippen LogP) is 6.73. The number of fused-ring (bicyclic) bond motifs is 4. The molecular formula is C36H40ClFN8O4S. The Kier molecular flexibility index (Phi) is 9.20. The Bertz CT molecular complexity index is 2130. The van der Waals surface area contributed by atoms with Crippen LogP contribution in [0.4, 0.5) is 26.0 Å². The molecule has 0 aliphatic carbocycles. The van der Waals surface area contributed by atoms with Crippen molar-refractivity contribution in [2.45, 2.75) is 70.9 Å². The number of thiophene rings is 1. The molecule has 2 atom stereocenters. The van der Waals surface area contributed by atoms with E-state index < -0.39 is 23.6 Å². The topological polar surface area (TPSA) is 136 Å². The van der Waals surface area contributed by atoms with E-state index in [4.69, 9.17) is 31.0 Å². The first-order chi connectivity index (χ1) is 24.3. The van der Waals surface area contributed by atoms with Crippen LogP contribution < -0.4 is 15.5 Å². The largest absolute Gasteiger partial charge is 0.444 e. The average Bonchev–Trinajstić information content (AvgIpc) is 3.83. The van der Waals surface area contributed by atoms with E-state index in [1.54, 1.807) is 38.8 Å². The fourth-order valence-electron chi connectivity index (χ4n) is 7.19. The maximum atomic E-state index is 15.5. The first kappa shape index (κ1) is 35.1. The molecule has 51 heavy (non-hydrogen) atoms. The maximum Gasteiger partial charge on any atom is 0.412 e. The number of likely N-dealkylation sites (tertiary alicyclic amines) is 1. The van der Waals surface area contributed by atoms with Gasteiger partial charge in [0, 0.05) is 43.7 Å². The lowest BCUT2D eigenvalue weighted by Gasteiger charge is -2.31. The molecule has 2 aromatic heterocycles. The summed E-state index contributed by atoms with van der Waals surface area (Å²) in [5.74, 6) is 0.442. The number of hydrogen-bond donors (Lipinski definition) is 2. The highest BCUT2D eigenvalue weighted by atomic mass is 35.5. The summed E-state index contributed by atoms with van der Waals surface area (Å²) in [5.41, 5.74) is 2.43. The monoisotopic (exact) mass is 734 g/mol. The summed E-state index contributed by atoms with van der Waals surface area (Å²) in [6.07, 6.45) is 1.69. The molecule has 3 aliphatic heterocycles. The number of aromatic nitrogens is 2. The normalized spacial score (nSPS) is 19.3. The molecule has 0 spiro atoms. The second kappa shape index (κ2) is 13.4. The summed E-state index contributed by atoms with van der Waals surface area (Å²) < 4.78 is 27.2. The summed E-state index contributed by atoms with van der Waals surface area (Å²) >= 11 is 8.40. The minimum atomic E-state index is -0.778. The van der Waals surface area contributed by atoms with Gasteiger partial charge in [0.05, 0.1) is 39.4 Å². The van der Waals surface area contributed by atoms with Crippen LogP contribution in [0.1, 0.15) is 56.7 Å². The number of nitriles is 1. The van der Waals surface area contributed by atoms with Crippen LogP contribution in [0.15, 0.2) is 12.1 Å². The van der Waals surface area contributed by atoms with Gasteiger partial charge in [0.15, 0.2) is 0 Å². The molecule has 12 nitrogen and oxygen atoms in total. The fraction of sp³-hybridized carbons (Fsp3) is 0.472. The smallest absolute Gasteiger partial charge is 0.412 e. The quantitative estimate of drug-likeness (QED) is 0.220. The number of ether oxygens (including phenoxy) is 2. The molecule has 2 fully saturated rings. The number of halogens is 2. The molecular weight excluding hydrogens is 695 g/mol. The van der Waals surface area contributed by atoms with E-state index in [0.717, 1.165) is 41.9 Å². The van der Waals surface area contributed by atoms with Gasteiger partial charge in [-0.2, -0.15) is 10.2 Å². The van der Waals surface area contributed by atoms with E-state index in [-0.39, 0.29) is 34.4 Å². The van der Waals surface area contributed by atoms with Crippen molar-refractivity contribution in [3.8, 4) is 17.2 Å². The minimum absolute atomic E-state index is 0.00925. The number of carbonyl (C=O) groups is 2. The number of amides is 2. The summed E-state index contributed by atoms with van der Waals surface area (Å²) in [7, 11) is 5.91. The van der Waals surface area contributed by atoms with E-state index in [1.165, 1.54) is 6.07 Å². The van der Waals surface area contributed by atoms with Crippen LogP contribution in [0.5, 0.6) is 0 Å². The number of nitrogens with zero attached hydrogens (tertiary/aromatic N) is 6. The van der Waals surface area contributed by atoms with E-state index >= 15 is 4.39 Å². The zero-order valence-electron chi connectivity index (χ0n) is 29.4. The molecule has 15 heteroatoms. The average molecular weight is 735 g/mol. The van der Waals surface area contributed by atoms with Gasteiger partial charge in [0.1, 0.15) is 34.3 Å². The van der Waals surface area contributed by atoms with Gasteiger partial charge < -0.3 is 29.5 Å². The fourth-order valence-corrected chi connectivity index (χ4v) is 8.61. The van der Waals surface area contributed by atoms with Crippen LogP contribution in [0.3, 0.4) is 0 Å². The highest BCUT2D eigenvalue weighted by Gasteiger charge is 2.34. The first-order valence-electron chi connectivity index (χ1n) is 17.0. The number of likely N-dealkylation sites (N-methyl/N-ethyl adjacent to an activating group) is 2. The van der Waals surface area contributed by atoms with Crippen molar-refractivity contribution in [3.63, 3.8) is 0 Å². The third kappa shape index (κ3) is 6.41. The molecule has 268 valence electrons. The Morgan fingerprint density at radius 2 is 1.94 bits per heavy atom. The Morgan fingerprint density at radius 1 is 1.18 bits per heavy atom. The number of hydrogen-bond acceptors (Lipinski definition) is 11. The van der Waals surface area contributed by atoms with E-state index in [0.29, 0.717) is 69.8 Å². The van der Waals surface area contributed by atoms with Gasteiger partial charge >= 0.3 is 6.09 Å². The molecule has 3 aliphatic rings. The molecule has 7 rings (SSSR count). The lowest BCUT2D eigenvalue weighted by Crippen LogP contribution is -2.45. The van der Waals surface area contributed by atoms with Crippen LogP contribution in [0.2, 0.25) is 5.02 Å². The van der Waals surface area contributed by atoms with Gasteiger partial charge in [-0.15, -0.1) is 11.3 Å². The van der Waals surface area contributed by atoms with Crippen LogP contribution in [-0.2, 0) is 27.5 Å². The summed E-state index contributed by atoms with van der Waals surface area (Å²) in [5, 5.41) is 18.0. The van der Waals surface area contributed by atoms with Crippen molar-refractivity contribution >= 4 is 72.7 Å². The summed E-state index contributed by atoms with van der Waals surface area (Å²) in [6, 6.07) is 4.97. The van der Waals surface area contributed by atoms with Crippen LogP contribution >= 0.6 is 22.9 Å². The van der Waals surface area contributed by atoms with Crippen molar-refractivity contribution in [2.75, 3.05) is 56.3 Å². The first-order valence-corrected chi connectivity index (χ1v) is 18.2. The number of anilines is 3. The van der Waals surface area contributed by atoms with Crippen molar-refractivity contribution in [1.82, 2.24) is 19.8 Å². The number of carbonyl (C=O) groups excluding carboxylic acids is 2. The number of benzene rings is 2. The lowest BCUT2D eigenvalue weighted by molar-refractivity contribution is -0.132. The SMILES string of the molecule is CN1CCC[C@@H](Nc2nc(N3CC[C@H](N(C)C)C3)nc3c(Cl)c(-c4ccc(F)c5sc(NC(=O)OC(C)(C)C)c(C#N)c45)c4c(c23)COC4)C1=O. The van der Waals surface area contributed by atoms with E-state index in [1.807, 2.05) is 0 Å². The standard InChI is InChI=1S/C36H40ClFN8O4S/c1-36(2,3)50-35(48)43-32-20(14-39)26-19(9-10-23(38)30(26)51-32)25-21-16-49-17-22(21)27-29(28(25)37)41-34(46-13-11-18(15-46)44(4)5)42-31(27)40-24-8-7-12-45(6)33(24)47/h9-10,18,24H,7-8,11-13,15-17H2,1-6H3,(H,43,48)(H,40,41,42)/t18-,24+/m0/s1. The number of rotatable bonds is 6. The molecule has 0 saturated carbocycles. The van der Waals surface area contributed by atoms with Gasteiger partial charge in [-0.1, -0.05) is 17.7 Å². The Labute approximate surface area is 304 Å². The van der Waals surface area contributed by atoms with Crippen molar-refractivity contribution in [1.29, 1.82) is 5.26 Å². The second-order valence-electron chi connectivity index (χ2n) is 14.5. The van der Waals surface area contributed by atoms with Crippen molar-refractivity contribution in [3.05, 3.63) is 39.7 Å². The highest BCUT2D eigenvalue weighted by molar-refractivity contribution is 7.23. The Morgan fingerprint density at radius 3 is 2.65 bits per heavy atom. The lowest BCUT2D eigenvalue weighted by atomic mass is 9.91. The van der Waals surface area contributed by atoms with E-state index in [9.17, 15) is 14.9 Å². The van der Waals surface area contributed by atoms with Crippen molar-refractivity contribution < 1.29 is 23.5 Å². The zero-order valence-corrected chi connectivity index (χ0v) is 31.0. The Hall–Kier alpha value is -4.29. The Balaban J connectivity index is 1.44. The van der Waals surface area contributed by atoms with Gasteiger partial charge in [0.25, 0.3) is 0 Å². The number of piperidine rings is 1. The van der Waals surface area contributed by atoms with Crippen LogP contribution in [0.25, 0.3) is 32.1 Å². The van der Waals surface area contributed by atoms with Gasteiger partial charge in [0.2, 0.25) is 11.9 Å². The van der Waals surface area contributed by atoms with Crippen LogP contribution in [0, 0.1) is 17.1 Å². The zero-order chi connectivity index (χ0) is 36.4. The van der Waals surface area contributed by atoms with E-state index in [2.05, 4.69) is 40.6 Å².